The molecule has 4 aromatic rings. The van der Waals surface area contributed by atoms with Gasteiger partial charge in [-0.2, -0.15) is 10.1 Å². The Balaban J connectivity index is 1.59. The molecule has 1 aromatic carbocycles. The second-order valence-electron chi connectivity index (χ2n) is 6.81. The van der Waals surface area contributed by atoms with Crippen LogP contribution >= 0.6 is 0 Å². The minimum atomic E-state index is -1.23. The zero-order chi connectivity index (χ0) is 19.3. The molecule has 138 valence electrons. The molecule has 1 aliphatic rings. The summed E-state index contributed by atoms with van der Waals surface area (Å²) in [6, 6.07) is 7.59. The number of hydrogen-bond acceptors (Lipinski definition) is 6. The fourth-order valence-corrected chi connectivity index (χ4v) is 3.55. The lowest BCUT2D eigenvalue weighted by Gasteiger charge is -2.12. The first-order valence-electron chi connectivity index (χ1n) is 8.89. The van der Waals surface area contributed by atoms with Crippen LogP contribution in [0, 0.1) is 18.8 Å². The predicted molar refractivity (Wildman–Crippen MR) is 103 cm³/mol. The summed E-state index contributed by atoms with van der Waals surface area (Å²) < 4.78 is 3.65. The van der Waals surface area contributed by atoms with E-state index in [0.29, 0.717) is 24.6 Å². The number of nitrogen functional groups attached to an aromatic ring is 1. The van der Waals surface area contributed by atoms with Crippen LogP contribution < -0.4 is 5.73 Å². The Morgan fingerprint density at radius 2 is 2.11 bits per heavy atom. The van der Waals surface area contributed by atoms with Crippen LogP contribution in [0.25, 0.3) is 16.7 Å². The zero-order valence-corrected chi connectivity index (χ0v) is 15.2. The lowest BCUT2D eigenvalue weighted by atomic mass is 10.0. The van der Waals surface area contributed by atoms with Crippen molar-refractivity contribution < 1.29 is 5.11 Å². The predicted octanol–water partition coefficient (Wildman–Crippen LogP) is 1.55. The van der Waals surface area contributed by atoms with Gasteiger partial charge in [-0.05, 0) is 25.1 Å². The summed E-state index contributed by atoms with van der Waals surface area (Å²) in [5.41, 5.74) is 7.00. The number of aryl methyl sites for hydroxylation is 2. The first-order chi connectivity index (χ1) is 13.5. The second-order valence-corrected chi connectivity index (χ2v) is 6.81. The Labute approximate surface area is 160 Å². The minimum Gasteiger partial charge on any atom is -0.371 e. The maximum Gasteiger partial charge on any atom is 0.221 e. The summed E-state index contributed by atoms with van der Waals surface area (Å²) in [7, 11) is 0. The van der Waals surface area contributed by atoms with E-state index in [4.69, 9.17) is 5.73 Å². The topological polar surface area (TPSA) is 108 Å². The van der Waals surface area contributed by atoms with Crippen molar-refractivity contribution in [1.82, 2.24) is 29.3 Å². The molecule has 0 aliphatic carbocycles. The van der Waals surface area contributed by atoms with Gasteiger partial charge in [-0.25, -0.2) is 14.6 Å². The number of hydrogen-bond donors (Lipinski definition) is 2. The summed E-state index contributed by atoms with van der Waals surface area (Å²) in [6.45, 7) is 2.65. The maximum atomic E-state index is 10.9. The van der Waals surface area contributed by atoms with Gasteiger partial charge in [0.25, 0.3) is 0 Å². The van der Waals surface area contributed by atoms with Gasteiger partial charge in [0.15, 0.2) is 17.2 Å². The standard InChI is InChI=1S/C20H17N7O/c1-13-15-3-2-14(4-6-20(28)7-10-26-11-9-22-18(20)26)12-16(15)27(25-13)17-5-8-23-19(21)24-17/h2-3,5,8-9,11-12,28H,7,10H2,1H3,(H2,21,23,24)/t20-/m0/s1. The van der Waals surface area contributed by atoms with Crippen LogP contribution in [0.4, 0.5) is 5.95 Å². The highest BCUT2D eigenvalue weighted by molar-refractivity contribution is 5.84. The monoisotopic (exact) mass is 371 g/mol. The molecule has 0 unspecified atom stereocenters. The van der Waals surface area contributed by atoms with Crippen LogP contribution in [-0.4, -0.2) is 34.4 Å². The van der Waals surface area contributed by atoms with Crippen molar-refractivity contribution in [3.8, 4) is 17.7 Å². The highest BCUT2D eigenvalue weighted by Gasteiger charge is 2.36. The highest BCUT2D eigenvalue weighted by Crippen LogP contribution is 2.30. The number of nitrogens with zero attached hydrogens (tertiary/aromatic N) is 6. The number of rotatable bonds is 1. The van der Waals surface area contributed by atoms with Gasteiger partial charge >= 0.3 is 0 Å². The Morgan fingerprint density at radius 1 is 1.21 bits per heavy atom. The molecule has 1 atom stereocenters. The van der Waals surface area contributed by atoms with Crippen molar-refractivity contribution >= 4 is 16.9 Å². The molecule has 3 aromatic heterocycles. The Bertz CT molecular complexity index is 1280. The molecule has 0 amide bonds. The summed E-state index contributed by atoms with van der Waals surface area (Å²) in [4.78, 5) is 12.4. The molecule has 0 radical (unpaired) electrons. The maximum absolute atomic E-state index is 10.9. The summed E-state index contributed by atoms with van der Waals surface area (Å²) >= 11 is 0. The zero-order valence-electron chi connectivity index (χ0n) is 15.2. The van der Waals surface area contributed by atoms with Crippen LogP contribution in [0.5, 0.6) is 0 Å². The molecule has 5 rings (SSSR count). The van der Waals surface area contributed by atoms with E-state index in [9.17, 15) is 5.11 Å². The van der Waals surface area contributed by atoms with Crippen molar-refractivity contribution in [3.05, 3.63) is 59.9 Å². The van der Waals surface area contributed by atoms with Gasteiger partial charge in [0.2, 0.25) is 5.95 Å². The van der Waals surface area contributed by atoms with Gasteiger partial charge in [0.05, 0.1) is 11.2 Å². The Kier molecular flexibility index (Phi) is 3.47. The van der Waals surface area contributed by atoms with Gasteiger partial charge in [0, 0.05) is 48.6 Å². The molecule has 28 heavy (non-hydrogen) atoms. The second kappa shape index (κ2) is 5.90. The highest BCUT2D eigenvalue weighted by atomic mass is 16.3. The molecule has 3 N–H and O–H groups in total. The Morgan fingerprint density at radius 3 is 2.96 bits per heavy atom. The molecule has 8 nitrogen and oxygen atoms in total. The largest absolute Gasteiger partial charge is 0.371 e. The van der Waals surface area contributed by atoms with Crippen molar-refractivity contribution in [3.63, 3.8) is 0 Å². The van der Waals surface area contributed by atoms with E-state index in [-0.39, 0.29) is 5.95 Å². The minimum absolute atomic E-state index is 0.189. The molecule has 4 heterocycles. The quantitative estimate of drug-likeness (QED) is 0.492. The van der Waals surface area contributed by atoms with E-state index in [1.807, 2.05) is 35.9 Å². The smallest absolute Gasteiger partial charge is 0.221 e. The molecule has 8 heteroatoms. The van der Waals surface area contributed by atoms with E-state index in [2.05, 4.69) is 31.9 Å². The first kappa shape index (κ1) is 16.5. The third-order valence-corrected chi connectivity index (χ3v) is 4.96. The van der Waals surface area contributed by atoms with Gasteiger partial charge in [-0.15, -0.1) is 0 Å². The van der Waals surface area contributed by atoms with E-state index in [1.54, 1.807) is 23.1 Å². The van der Waals surface area contributed by atoms with Crippen molar-refractivity contribution in [2.75, 3.05) is 5.73 Å². The third-order valence-electron chi connectivity index (χ3n) is 4.96. The number of anilines is 1. The van der Waals surface area contributed by atoms with Crippen molar-refractivity contribution in [2.24, 2.45) is 0 Å². The number of aromatic nitrogens is 6. The molecule has 0 bridgehead atoms. The SMILES string of the molecule is Cc1nn(-c2ccnc(N)n2)c2cc(C#C[C@]3(O)CCn4ccnc43)ccc12. The van der Waals surface area contributed by atoms with Gasteiger partial charge < -0.3 is 15.4 Å². The van der Waals surface area contributed by atoms with Crippen molar-refractivity contribution in [2.45, 2.75) is 25.5 Å². The van der Waals surface area contributed by atoms with Crippen LogP contribution in [-0.2, 0) is 12.1 Å². The first-order valence-corrected chi connectivity index (χ1v) is 8.89. The lowest BCUT2D eigenvalue weighted by Crippen LogP contribution is -2.20. The van der Waals surface area contributed by atoms with E-state index < -0.39 is 5.60 Å². The molecular formula is C20H17N7O. The number of benzene rings is 1. The van der Waals surface area contributed by atoms with Crippen molar-refractivity contribution in [1.29, 1.82) is 0 Å². The molecule has 0 saturated carbocycles. The average Bonchev–Trinajstić information content (AvgIpc) is 3.37. The number of nitrogens with two attached hydrogens (primary N) is 1. The van der Waals surface area contributed by atoms with E-state index in [1.165, 1.54) is 0 Å². The molecule has 0 spiro atoms. The molecular weight excluding hydrogens is 354 g/mol. The normalized spacial score (nSPS) is 18.1. The number of aliphatic hydroxyl groups is 1. The molecule has 0 saturated heterocycles. The fraction of sp³-hybridized carbons (Fsp3) is 0.200. The van der Waals surface area contributed by atoms with E-state index in [0.717, 1.165) is 22.2 Å². The van der Waals surface area contributed by atoms with Crippen LogP contribution in [0.1, 0.15) is 23.5 Å². The summed E-state index contributed by atoms with van der Waals surface area (Å²) in [5.74, 6) is 7.48. The third kappa shape index (κ3) is 2.52. The van der Waals surface area contributed by atoms with E-state index >= 15 is 0 Å². The summed E-state index contributed by atoms with van der Waals surface area (Å²) in [5, 5.41) is 16.4. The fourth-order valence-electron chi connectivity index (χ4n) is 3.55. The summed E-state index contributed by atoms with van der Waals surface area (Å²) in [6.07, 6.45) is 5.67. The van der Waals surface area contributed by atoms with Crippen LogP contribution in [0.2, 0.25) is 0 Å². The van der Waals surface area contributed by atoms with Gasteiger partial charge in [-0.1, -0.05) is 11.8 Å². The van der Waals surface area contributed by atoms with Gasteiger partial charge in [0.1, 0.15) is 0 Å². The van der Waals surface area contributed by atoms with Crippen LogP contribution in [0.15, 0.2) is 42.9 Å². The molecule has 1 aliphatic heterocycles. The number of fused-ring (bicyclic) bond motifs is 2. The number of imidazole rings is 1. The molecule has 0 fully saturated rings. The van der Waals surface area contributed by atoms with Gasteiger partial charge in [-0.3, -0.25) is 0 Å². The van der Waals surface area contributed by atoms with Crippen LogP contribution in [0.3, 0.4) is 0 Å². The average molecular weight is 371 g/mol. The lowest BCUT2D eigenvalue weighted by molar-refractivity contribution is 0.0980. The Hall–Kier alpha value is -3.70.